The number of hydrogen-bond donors (Lipinski definition) is 2. The third-order valence-corrected chi connectivity index (χ3v) is 2.18. The van der Waals surface area contributed by atoms with E-state index in [9.17, 15) is 9.36 Å². The van der Waals surface area contributed by atoms with Crippen molar-refractivity contribution >= 4 is 13.7 Å². The minimum atomic E-state index is -4.02. The van der Waals surface area contributed by atoms with E-state index in [1.807, 2.05) is 5.09 Å². The van der Waals surface area contributed by atoms with Crippen molar-refractivity contribution in [3.63, 3.8) is 0 Å². The summed E-state index contributed by atoms with van der Waals surface area (Å²) in [4.78, 5) is 20.0. The number of rotatable bonds is 4. The smallest absolute Gasteiger partial charge is 0.308 e. The minimum absolute atomic E-state index is 0.154. The second-order valence-corrected chi connectivity index (χ2v) is 4.37. The summed E-state index contributed by atoms with van der Waals surface area (Å²) in [5.74, 6) is -0.688. The first-order valence-electron chi connectivity index (χ1n) is 3.74. The molecule has 0 spiro atoms. The highest BCUT2D eigenvalue weighted by atomic mass is 31.2. The Bertz CT molecular complexity index is 261. The largest absolute Gasteiger partial charge is 0.432 e. The average Bonchev–Trinajstić information content (AvgIpc) is 1.81. The van der Waals surface area contributed by atoms with E-state index in [1.165, 1.54) is 6.92 Å². The molecule has 0 saturated heterocycles. The molecule has 1 atom stereocenters. The Labute approximate surface area is 77.4 Å². The SMILES string of the molecule is C=C(C)C(=O)NP(=O)(O)OC(C)C. The maximum absolute atomic E-state index is 11.1. The fourth-order valence-corrected chi connectivity index (χ4v) is 1.61. The van der Waals surface area contributed by atoms with Gasteiger partial charge < -0.3 is 4.89 Å². The molecule has 0 aliphatic rings. The minimum Gasteiger partial charge on any atom is -0.308 e. The predicted octanol–water partition coefficient (Wildman–Crippen LogP) is 1.20. The lowest BCUT2D eigenvalue weighted by Gasteiger charge is -2.15. The van der Waals surface area contributed by atoms with E-state index in [0.29, 0.717) is 0 Å². The Morgan fingerprint density at radius 2 is 2.08 bits per heavy atom. The van der Waals surface area contributed by atoms with Crippen LogP contribution in [0.3, 0.4) is 0 Å². The van der Waals surface area contributed by atoms with Crippen molar-refractivity contribution in [3.05, 3.63) is 12.2 Å². The standard InChI is InChI=1S/C7H14NO4P/c1-5(2)7(9)8-13(10,11)12-6(3)4/h6H,1H2,2-4H3,(H2,8,9,10,11). The molecule has 0 aromatic heterocycles. The van der Waals surface area contributed by atoms with Crippen LogP contribution in [0.25, 0.3) is 0 Å². The van der Waals surface area contributed by atoms with Crippen molar-refractivity contribution in [2.75, 3.05) is 0 Å². The zero-order valence-corrected chi connectivity index (χ0v) is 8.80. The third-order valence-electron chi connectivity index (χ3n) is 0.984. The molecule has 76 valence electrons. The number of hydrogen-bond acceptors (Lipinski definition) is 3. The zero-order valence-electron chi connectivity index (χ0n) is 7.90. The second-order valence-electron chi connectivity index (χ2n) is 2.90. The normalized spacial score (nSPS) is 15.2. The van der Waals surface area contributed by atoms with Gasteiger partial charge in [-0.3, -0.25) is 14.4 Å². The summed E-state index contributed by atoms with van der Waals surface area (Å²) in [7, 11) is -4.02. The number of amides is 1. The molecule has 6 heteroatoms. The number of nitrogens with one attached hydrogen (secondary N) is 1. The summed E-state index contributed by atoms with van der Waals surface area (Å²) in [5.41, 5.74) is 0.154. The van der Waals surface area contributed by atoms with Gasteiger partial charge in [-0.25, -0.2) is 4.57 Å². The van der Waals surface area contributed by atoms with Crippen LogP contribution in [0, 0.1) is 0 Å². The fraction of sp³-hybridized carbons (Fsp3) is 0.571. The molecule has 1 unspecified atom stereocenters. The van der Waals surface area contributed by atoms with Crippen LogP contribution in [-0.4, -0.2) is 16.9 Å². The molecular formula is C7H14NO4P. The van der Waals surface area contributed by atoms with Gasteiger partial charge in [0.2, 0.25) is 0 Å². The molecule has 0 aromatic carbocycles. The van der Waals surface area contributed by atoms with E-state index < -0.39 is 19.8 Å². The lowest BCUT2D eigenvalue weighted by molar-refractivity contribution is -0.116. The van der Waals surface area contributed by atoms with Gasteiger partial charge in [-0.1, -0.05) is 6.58 Å². The van der Waals surface area contributed by atoms with E-state index >= 15 is 0 Å². The van der Waals surface area contributed by atoms with Gasteiger partial charge in [-0.05, 0) is 20.8 Å². The lowest BCUT2D eigenvalue weighted by atomic mass is 10.3. The van der Waals surface area contributed by atoms with Gasteiger partial charge in [0.05, 0.1) is 6.10 Å². The third kappa shape index (κ3) is 5.58. The highest BCUT2D eigenvalue weighted by molar-refractivity contribution is 7.51. The van der Waals surface area contributed by atoms with Gasteiger partial charge in [0.1, 0.15) is 0 Å². The van der Waals surface area contributed by atoms with E-state index in [4.69, 9.17) is 4.89 Å². The van der Waals surface area contributed by atoms with Gasteiger partial charge in [0.25, 0.3) is 5.91 Å². The molecular weight excluding hydrogens is 193 g/mol. The first-order chi connectivity index (χ1) is 5.74. The summed E-state index contributed by atoms with van der Waals surface area (Å²) in [6.45, 7) is 7.94. The van der Waals surface area contributed by atoms with Crippen LogP contribution in [0.4, 0.5) is 0 Å². The maximum atomic E-state index is 11.1. The fourth-order valence-electron chi connectivity index (χ4n) is 0.536. The first kappa shape index (κ1) is 12.4. The molecule has 0 aromatic rings. The van der Waals surface area contributed by atoms with Crippen LogP contribution in [0.5, 0.6) is 0 Å². The molecule has 0 bridgehead atoms. The Morgan fingerprint density at radius 1 is 1.62 bits per heavy atom. The molecule has 0 aliphatic carbocycles. The lowest BCUT2D eigenvalue weighted by Crippen LogP contribution is -2.23. The van der Waals surface area contributed by atoms with Crippen LogP contribution in [0.2, 0.25) is 0 Å². The van der Waals surface area contributed by atoms with Crippen molar-refractivity contribution in [2.45, 2.75) is 26.9 Å². The van der Waals surface area contributed by atoms with Crippen LogP contribution in [0.15, 0.2) is 12.2 Å². The molecule has 2 N–H and O–H groups in total. The van der Waals surface area contributed by atoms with Crippen molar-refractivity contribution in [1.82, 2.24) is 5.09 Å². The van der Waals surface area contributed by atoms with Gasteiger partial charge in [-0.2, -0.15) is 0 Å². The van der Waals surface area contributed by atoms with Gasteiger partial charge in [0, 0.05) is 5.57 Å². The average molecular weight is 207 g/mol. The van der Waals surface area contributed by atoms with Crippen molar-refractivity contribution in [1.29, 1.82) is 0 Å². The summed E-state index contributed by atoms with van der Waals surface area (Å²) < 4.78 is 15.7. The maximum Gasteiger partial charge on any atom is 0.432 e. The number of carbonyl (C=O) groups excluding carboxylic acids is 1. The Balaban J connectivity index is 4.26. The van der Waals surface area contributed by atoms with E-state index in [2.05, 4.69) is 11.1 Å². The van der Waals surface area contributed by atoms with Crippen LogP contribution < -0.4 is 5.09 Å². The molecule has 5 nitrogen and oxygen atoms in total. The van der Waals surface area contributed by atoms with Crippen LogP contribution in [-0.2, 0) is 13.9 Å². The predicted molar refractivity (Wildman–Crippen MR) is 49.0 cm³/mol. The monoisotopic (exact) mass is 207 g/mol. The van der Waals surface area contributed by atoms with E-state index in [1.54, 1.807) is 13.8 Å². The zero-order chi connectivity index (χ0) is 10.6. The summed E-state index contributed by atoms with van der Waals surface area (Å²) >= 11 is 0. The highest BCUT2D eigenvalue weighted by Gasteiger charge is 2.23. The quantitative estimate of drug-likeness (QED) is 0.536. The molecule has 0 heterocycles. The van der Waals surface area contributed by atoms with E-state index in [0.717, 1.165) is 0 Å². The summed E-state index contributed by atoms with van der Waals surface area (Å²) in [5, 5.41) is 1.84. The topological polar surface area (TPSA) is 75.6 Å². The molecule has 1 amide bonds. The highest BCUT2D eigenvalue weighted by Crippen LogP contribution is 2.38. The Kier molecular flexibility index (Phi) is 4.33. The Morgan fingerprint density at radius 3 is 2.38 bits per heavy atom. The molecule has 0 saturated carbocycles. The van der Waals surface area contributed by atoms with Gasteiger partial charge >= 0.3 is 7.75 Å². The number of carbonyl (C=O) groups is 1. The van der Waals surface area contributed by atoms with Gasteiger partial charge in [0.15, 0.2) is 0 Å². The van der Waals surface area contributed by atoms with Gasteiger partial charge in [-0.15, -0.1) is 0 Å². The molecule has 13 heavy (non-hydrogen) atoms. The van der Waals surface area contributed by atoms with Crippen molar-refractivity contribution in [3.8, 4) is 0 Å². The molecule has 0 fully saturated rings. The van der Waals surface area contributed by atoms with Crippen LogP contribution >= 0.6 is 7.75 Å². The van der Waals surface area contributed by atoms with Crippen LogP contribution in [0.1, 0.15) is 20.8 Å². The molecule has 0 aliphatic heterocycles. The molecule has 0 radical (unpaired) electrons. The summed E-state index contributed by atoms with van der Waals surface area (Å²) in [6, 6.07) is 0. The van der Waals surface area contributed by atoms with E-state index in [-0.39, 0.29) is 5.57 Å². The second kappa shape index (κ2) is 4.56. The van der Waals surface area contributed by atoms with Crippen molar-refractivity contribution < 1.29 is 18.8 Å². The first-order valence-corrected chi connectivity index (χ1v) is 5.31. The molecule has 0 rings (SSSR count). The Hall–Kier alpha value is -0.640. The van der Waals surface area contributed by atoms with Crippen molar-refractivity contribution in [2.24, 2.45) is 0 Å². The summed E-state index contributed by atoms with van der Waals surface area (Å²) in [6.07, 6.45) is -0.429.